The van der Waals surface area contributed by atoms with Gasteiger partial charge in [0.25, 0.3) is 0 Å². The Morgan fingerprint density at radius 3 is 1.83 bits per heavy atom. The monoisotopic (exact) mass is 751 g/mol. The predicted octanol–water partition coefficient (Wildman–Crippen LogP) is 14.6. The molecular formula is C58H41N. The Bertz CT molecular complexity index is 3210. The molecule has 0 saturated heterocycles. The zero-order chi connectivity index (χ0) is 38.9. The molecule has 2 unspecified atom stereocenters. The number of aryl methyl sites for hydroxylation is 1. The quantitative estimate of drug-likeness (QED) is 0.153. The third-order valence-electron chi connectivity index (χ3n) is 13.3. The zero-order valence-corrected chi connectivity index (χ0v) is 32.7. The first-order valence-corrected chi connectivity index (χ1v) is 20.9. The molecule has 1 aliphatic carbocycles. The van der Waals surface area contributed by atoms with Crippen molar-refractivity contribution >= 4 is 21.8 Å². The molecule has 59 heavy (non-hydrogen) atoms. The van der Waals surface area contributed by atoms with Gasteiger partial charge < -0.3 is 4.57 Å². The van der Waals surface area contributed by atoms with E-state index in [2.05, 4.69) is 223 Å². The van der Waals surface area contributed by atoms with Crippen molar-refractivity contribution in [3.05, 3.63) is 257 Å². The van der Waals surface area contributed by atoms with Gasteiger partial charge in [-0.3, -0.25) is 0 Å². The lowest BCUT2D eigenvalue weighted by atomic mass is 9.65. The van der Waals surface area contributed by atoms with Crippen molar-refractivity contribution < 1.29 is 0 Å². The van der Waals surface area contributed by atoms with Crippen molar-refractivity contribution in [3.8, 4) is 39.1 Å². The van der Waals surface area contributed by atoms with Crippen LogP contribution in [0.25, 0.3) is 60.9 Å². The van der Waals surface area contributed by atoms with E-state index in [1.165, 1.54) is 99.8 Å². The molecule has 1 aliphatic heterocycles. The summed E-state index contributed by atoms with van der Waals surface area (Å²) in [5.41, 5.74) is 20.6. The second-order valence-electron chi connectivity index (χ2n) is 16.3. The molecule has 0 saturated carbocycles. The minimum Gasteiger partial charge on any atom is -0.309 e. The second kappa shape index (κ2) is 13.4. The predicted molar refractivity (Wildman–Crippen MR) is 246 cm³/mol. The van der Waals surface area contributed by atoms with Crippen LogP contribution in [0.1, 0.15) is 51.3 Å². The van der Waals surface area contributed by atoms with Gasteiger partial charge in [-0.05, 0) is 97.3 Å². The van der Waals surface area contributed by atoms with E-state index in [4.69, 9.17) is 0 Å². The Kier molecular flexibility index (Phi) is 7.71. The lowest BCUT2D eigenvalue weighted by molar-refractivity contribution is 0.710. The zero-order valence-electron chi connectivity index (χ0n) is 32.7. The largest absolute Gasteiger partial charge is 0.309 e. The number of nitrogens with zero attached hydrogens (tertiary/aromatic N) is 1. The van der Waals surface area contributed by atoms with Crippen molar-refractivity contribution in [2.75, 3.05) is 0 Å². The summed E-state index contributed by atoms with van der Waals surface area (Å²) in [7, 11) is 0. The number of hydrogen-bond acceptors (Lipinski definition) is 0. The molecule has 9 aromatic carbocycles. The van der Waals surface area contributed by atoms with E-state index in [1.807, 2.05) is 0 Å². The summed E-state index contributed by atoms with van der Waals surface area (Å²) in [5, 5.41) is 2.61. The van der Waals surface area contributed by atoms with Gasteiger partial charge in [0.15, 0.2) is 0 Å². The number of para-hydroxylation sites is 3. The molecule has 1 nitrogen and oxygen atoms in total. The molecule has 1 spiro atoms. The number of aromatic nitrogens is 1. The summed E-state index contributed by atoms with van der Waals surface area (Å²) in [5.74, 6) is 0.225. The average molecular weight is 752 g/mol. The third kappa shape index (κ3) is 5.11. The van der Waals surface area contributed by atoms with Gasteiger partial charge in [0.2, 0.25) is 0 Å². The van der Waals surface area contributed by atoms with Crippen LogP contribution < -0.4 is 0 Å². The average Bonchev–Trinajstić information content (AvgIpc) is 3.80. The number of hydrogen-bond donors (Lipinski definition) is 0. The Morgan fingerprint density at radius 1 is 0.390 bits per heavy atom. The minimum absolute atomic E-state index is 0.225. The molecular weight excluding hydrogens is 711 g/mol. The summed E-state index contributed by atoms with van der Waals surface area (Å²) >= 11 is 0. The van der Waals surface area contributed by atoms with Crippen LogP contribution in [-0.4, -0.2) is 4.57 Å². The maximum Gasteiger partial charge on any atom is 0.0754 e. The van der Waals surface area contributed by atoms with Crippen LogP contribution in [0.5, 0.6) is 0 Å². The van der Waals surface area contributed by atoms with E-state index in [9.17, 15) is 0 Å². The summed E-state index contributed by atoms with van der Waals surface area (Å²) in [6.45, 7) is 0. The summed E-state index contributed by atoms with van der Waals surface area (Å²) in [6.07, 6.45) is 1.94. The Balaban J connectivity index is 1.00. The molecule has 2 aliphatic rings. The van der Waals surface area contributed by atoms with Crippen LogP contribution in [0.4, 0.5) is 0 Å². The molecule has 0 amide bonds. The van der Waals surface area contributed by atoms with Crippen molar-refractivity contribution in [2.45, 2.75) is 24.2 Å². The molecule has 2 atom stereocenters. The van der Waals surface area contributed by atoms with Gasteiger partial charge in [-0.15, -0.1) is 0 Å². The van der Waals surface area contributed by atoms with E-state index in [-0.39, 0.29) is 5.92 Å². The van der Waals surface area contributed by atoms with Crippen molar-refractivity contribution in [1.29, 1.82) is 0 Å². The molecule has 0 fully saturated rings. The van der Waals surface area contributed by atoms with Crippen LogP contribution >= 0.6 is 0 Å². The normalized spacial score (nSPS) is 15.3. The van der Waals surface area contributed by atoms with Gasteiger partial charge in [0, 0.05) is 16.7 Å². The summed E-state index contributed by atoms with van der Waals surface area (Å²) in [4.78, 5) is 0. The standard InChI is InChI=1S/C58H41N/c1-3-15-40(16-4-1)42-31-33-43(34-32-42)46(45-20-13-19-44(38-45)41-17-5-2-6-18-41)35-29-39-30-36-48-47-21-7-9-24-51(47)58(54(48)37-39)52-25-10-12-28-56(52)59-55-27-11-8-22-49(55)50-23-14-26-53(58)57(50)59/h1-28,30-34,36-38,46H,29,35H2. The molecule has 0 radical (unpaired) electrons. The second-order valence-corrected chi connectivity index (χ2v) is 16.3. The van der Waals surface area contributed by atoms with Gasteiger partial charge in [-0.2, -0.15) is 0 Å². The highest BCUT2D eigenvalue weighted by Crippen LogP contribution is 2.61. The number of benzene rings is 9. The lowest BCUT2D eigenvalue weighted by Gasteiger charge is -2.39. The molecule has 12 rings (SSSR count). The van der Waals surface area contributed by atoms with Gasteiger partial charge in [-0.1, -0.05) is 206 Å². The highest BCUT2D eigenvalue weighted by molar-refractivity contribution is 6.12. The van der Waals surface area contributed by atoms with Gasteiger partial charge >= 0.3 is 0 Å². The van der Waals surface area contributed by atoms with Gasteiger partial charge in [0.1, 0.15) is 0 Å². The topological polar surface area (TPSA) is 4.93 Å². The Labute approximate surface area is 345 Å². The Hall–Kier alpha value is -7.22. The lowest BCUT2D eigenvalue weighted by Crippen LogP contribution is -2.33. The fraction of sp³-hybridized carbons (Fsp3) is 0.0690. The van der Waals surface area contributed by atoms with E-state index >= 15 is 0 Å². The first-order valence-electron chi connectivity index (χ1n) is 20.9. The van der Waals surface area contributed by atoms with Crippen LogP contribution in [0.15, 0.2) is 218 Å². The number of fused-ring (bicyclic) bond motifs is 12. The van der Waals surface area contributed by atoms with Gasteiger partial charge in [-0.25, -0.2) is 0 Å². The molecule has 1 heteroatoms. The Morgan fingerprint density at radius 2 is 1.00 bits per heavy atom. The highest BCUT2D eigenvalue weighted by atomic mass is 15.0. The maximum atomic E-state index is 2.57. The van der Waals surface area contributed by atoms with Crippen molar-refractivity contribution in [2.24, 2.45) is 0 Å². The van der Waals surface area contributed by atoms with E-state index in [0.29, 0.717) is 0 Å². The SMILES string of the molecule is c1ccc(-c2ccc(C(CCc3ccc4c(c3)C3(c5ccccc5-4)c4ccccc4-n4c5ccccc5c5cccc3c54)c3cccc(-c4ccccc4)c3)cc2)cc1. The van der Waals surface area contributed by atoms with Crippen LogP contribution in [0, 0.1) is 0 Å². The first kappa shape index (κ1) is 33.9. The van der Waals surface area contributed by atoms with Gasteiger partial charge in [0.05, 0.1) is 22.1 Å². The highest BCUT2D eigenvalue weighted by Gasteiger charge is 2.50. The molecule has 2 heterocycles. The summed E-state index contributed by atoms with van der Waals surface area (Å²) in [6, 6.07) is 81.7. The molecule has 0 bridgehead atoms. The van der Waals surface area contributed by atoms with E-state index in [1.54, 1.807) is 0 Å². The van der Waals surface area contributed by atoms with E-state index in [0.717, 1.165) is 12.8 Å². The minimum atomic E-state index is -0.445. The molecule has 0 N–H and O–H groups in total. The van der Waals surface area contributed by atoms with Crippen molar-refractivity contribution in [3.63, 3.8) is 0 Å². The molecule has 278 valence electrons. The van der Waals surface area contributed by atoms with Crippen LogP contribution in [0.3, 0.4) is 0 Å². The van der Waals surface area contributed by atoms with Crippen LogP contribution in [-0.2, 0) is 11.8 Å². The fourth-order valence-corrected chi connectivity index (χ4v) is 10.7. The molecule has 1 aromatic heterocycles. The van der Waals surface area contributed by atoms with Crippen LogP contribution in [0.2, 0.25) is 0 Å². The fourth-order valence-electron chi connectivity index (χ4n) is 10.7. The third-order valence-corrected chi connectivity index (χ3v) is 13.3. The van der Waals surface area contributed by atoms with Crippen molar-refractivity contribution in [1.82, 2.24) is 4.57 Å². The van der Waals surface area contributed by atoms with E-state index < -0.39 is 5.41 Å². The number of rotatable bonds is 7. The smallest absolute Gasteiger partial charge is 0.0754 e. The molecule has 10 aromatic rings. The maximum absolute atomic E-state index is 2.57. The summed E-state index contributed by atoms with van der Waals surface area (Å²) < 4.78 is 2.53. The first-order chi connectivity index (χ1) is 29.3.